The van der Waals surface area contributed by atoms with Gasteiger partial charge in [-0.15, -0.1) is 5.46 Å². The second kappa shape index (κ2) is 6.81. The molecule has 0 aliphatic carbocycles. The number of nitrogens with one attached hydrogen (secondary N) is 1. The molecule has 2 nitrogen and oxygen atoms in total. The number of hydrogen-bond acceptors (Lipinski definition) is 1. The number of carbonyl (C=O) groups excluding carboxylic acids is 1. The number of carbonyl (C=O) groups is 1. The summed E-state index contributed by atoms with van der Waals surface area (Å²) < 4.78 is 37.0. The normalized spacial score (nSPS) is 10.5. The van der Waals surface area contributed by atoms with Gasteiger partial charge in [0.15, 0.2) is 0 Å². The molecule has 1 rings (SSSR count). The molecule has 7 heteroatoms. The molecule has 0 heterocycles. The van der Waals surface area contributed by atoms with Crippen molar-refractivity contribution in [1.82, 2.24) is 0 Å². The van der Waals surface area contributed by atoms with E-state index < -0.39 is 12.4 Å². The number of rotatable bonds is 3. The van der Waals surface area contributed by atoms with Gasteiger partial charge in [0.1, 0.15) is 0 Å². The first kappa shape index (κ1) is 16.2. The van der Waals surface area contributed by atoms with Gasteiger partial charge in [0.25, 0.3) is 0 Å². The largest absolute Gasteiger partial charge is 1.00 e. The third kappa shape index (κ3) is 5.01. The predicted octanol–water partition coefficient (Wildman–Crippen LogP) is -0.907. The predicted molar refractivity (Wildman–Crippen MR) is 54.1 cm³/mol. The fraction of sp³-hybridized carbons (Fsp3) is 0.222. The number of hydrogen-bond donors (Lipinski definition) is 1. The molecule has 1 aromatic rings. The van der Waals surface area contributed by atoms with Gasteiger partial charge in [-0.25, -0.2) is 0 Å². The first-order chi connectivity index (χ1) is 6.93. The first-order valence-corrected chi connectivity index (χ1v) is 4.53. The van der Waals surface area contributed by atoms with Gasteiger partial charge in [0, 0.05) is 12.1 Å². The van der Waals surface area contributed by atoms with E-state index >= 15 is 0 Å². The zero-order chi connectivity index (χ0) is 11.5. The minimum Gasteiger partial charge on any atom is -0.445 e. The number of halogens is 3. The number of benzene rings is 1. The standard InChI is InChI=1S/C9H10BF3NO.K/c1-2-9(15)14-8-5-3-4-7(6-8)10(11,12)13;/h3-6H,2H2,1H3,(H,14,15);/q-1;+1. The van der Waals surface area contributed by atoms with Crippen molar-refractivity contribution in [3.63, 3.8) is 0 Å². The van der Waals surface area contributed by atoms with Crippen molar-refractivity contribution < 1.29 is 69.1 Å². The molecule has 0 atom stereocenters. The van der Waals surface area contributed by atoms with Crippen molar-refractivity contribution in [1.29, 1.82) is 0 Å². The van der Waals surface area contributed by atoms with Crippen LogP contribution in [0.5, 0.6) is 0 Å². The van der Waals surface area contributed by atoms with Crippen molar-refractivity contribution in [2.75, 3.05) is 5.32 Å². The molecule has 16 heavy (non-hydrogen) atoms. The van der Waals surface area contributed by atoms with Crippen LogP contribution in [0.3, 0.4) is 0 Å². The molecule has 1 amide bonds. The molecule has 0 fully saturated rings. The summed E-state index contributed by atoms with van der Waals surface area (Å²) in [7, 11) is 0. The Kier molecular flexibility index (Phi) is 6.88. The van der Waals surface area contributed by atoms with E-state index in [-0.39, 0.29) is 69.4 Å². The van der Waals surface area contributed by atoms with Gasteiger partial charge >= 0.3 is 58.4 Å². The van der Waals surface area contributed by atoms with Crippen molar-refractivity contribution in [2.45, 2.75) is 13.3 Å². The van der Waals surface area contributed by atoms with Crippen LogP contribution in [0.15, 0.2) is 24.3 Å². The third-order valence-electron chi connectivity index (χ3n) is 1.87. The van der Waals surface area contributed by atoms with Gasteiger partial charge in [0.2, 0.25) is 5.91 Å². The molecule has 0 radical (unpaired) electrons. The van der Waals surface area contributed by atoms with Gasteiger partial charge in [0.05, 0.1) is 0 Å². The molecule has 0 unspecified atom stereocenters. The third-order valence-corrected chi connectivity index (χ3v) is 1.87. The van der Waals surface area contributed by atoms with Crippen LogP contribution < -0.4 is 62.2 Å². The summed E-state index contributed by atoms with van der Waals surface area (Å²) in [6, 6.07) is 4.63. The molecule has 0 spiro atoms. The monoisotopic (exact) mass is 255 g/mol. The van der Waals surface area contributed by atoms with Gasteiger partial charge < -0.3 is 18.3 Å². The van der Waals surface area contributed by atoms with Crippen molar-refractivity contribution in [3.05, 3.63) is 24.3 Å². The maximum atomic E-state index is 12.3. The van der Waals surface area contributed by atoms with E-state index in [1.165, 1.54) is 12.1 Å². The smallest absolute Gasteiger partial charge is 0.445 e. The molecule has 1 aromatic carbocycles. The Balaban J connectivity index is 0.00000225. The van der Waals surface area contributed by atoms with Gasteiger partial charge in [-0.3, -0.25) is 4.79 Å². The van der Waals surface area contributed by atoms with Crippen LogP contribution in [0, 0.1) is 0 Å². The average Bonchev–Trinajstić information content (AvgIpc) is 2.17. The van der Waals surface area contributed by atoms with E-state index in [0.717, 1.165) is 12.1 Å². The Morgan fingerprint density at radius 3 is 2.50 bits per heavy atom. The molecule has 0 aliphatic rings. The molecule has 1 N–H and O–H groups in total. The maximum Gasteiger partial charge on any atom is 1.00 e. The molecule has 0 saturated carbocycles. The fourth-order valence-corrected chi connectivity index (χ4v) is 1.07. The molecule has 0 saturated heterocycles. The Bertz CT molecular complexity index is 370. The molecular formula is C9H10BF3KNO. The van der Waals surface area contributed by atoms with Gasteiger partial charge in [-0.05, 0) is 6.07 Å². The van der Waals surface area contributed by atoms with Crippen molar-refractivity contribution in [2.24, 2.45) is 0 Å². The summed E-state index contributed by atoms with van der Waals surface area (Å²) in [5, 5.41) is 2.38. The van der Waals surface area contributed by atoms with Crippen molar-refractivity contribution in [3.8, 4) is 0 Å². The fourth-order valence-electron chi connectivity index (χ4n) is 1.07. The summed E-state index contributed by atoms with van der Waals surface area (Å²) >= 11 is 0. The van der Waals surface area contributed by atoms with E-state index in [9.17, 15) is 17.7 Å². The topological polar surface area (TPSA) is 29.1 Å². The summed E-state index contributed by atoms with van der Waals surface area (Å²) in [4.78, 5) is 11.0. The van der Waals surface area contributed by atoms with Gasteiger partial charge in [-0.2, -0.15) is 0 Å². The number of amides is 1. The van der Waals surface area contributed by atoms with Crippen LogP contribution in [0.1, 0.15) is 13.3 Å². The second-order valence-electron chi connectivity index (χ2n) is 3.10. The summed E-state index contributed by atoms with van der Waals surface area (Å²) in [6.45, 7) is -3.38. The summed E-state index contributed by atoms with van der Waals surface area (Å²) in [6.07, 6.45) is 0.237. The zero-order valence-electron chi connectivity index (χ0n) is 9.14. The van der Waals surface area contributed by atoms with Crippen molar-refractivity contribution >= 4 is 24.0 Å². The Morgan fingerprint density at radius 2 is 2.00 bits per heavy atom. The molecule has 0 aliphatic heterocycles. The Labute approximate surface area is 134 Å². The van der Waals surface area contributed by atoms with Crippen LogP contribution in [-0.2, 0) is 4.79 Å². The SMILES string of the molecule is CCC(=O)Nc1cccc([B-](F)(F)F)c1.[K+]. The van der Waals surface area contributed by atoms with Crippen LogP contribution in [0.25, 0.3) is 0 Å². The van der Waals surface area contributed by atoms with E-state index in [1.807, 2.05) is 0 Å². The summed E-state index contributed by atoms with van der Waals surface area (Å²) in [5.41, 5.74) is -0.526. The average molecular weight is 255 g/mol. The second-order valence-corrected chi connectivity index (χ2v) is 3.10. The first-order valence-electron chi connectivity index (χ1n) is 4.53. The summed E-state index contributed by atoms with van der Waals surface area (Å²) in [5.74, 6) is -0.304. The quantitative estimate of drug-likeness (QED) is 0.696. The van der Waals surface area contributed by atoms with Crippen LogP contribution in [0.2, 0.25) is 0 Å². The maximum absolute atomic E-state index is 12.3. The van der Waals surface area contributed by atoms with E-state index in [0.29, 0.717) is 0 Å². The number of anilines is 1. The van der Waals surface area contributed by atoms with E-state index in [1.54, 1.807) is 6.92 Å². The van der Waals surface area contributed by atoms with Crippen LogP contribution in [-0.4, -0.2) is 12.9 Å². The minimum atomic E-state index is -5.01. The van der Waals surface area contributed by atoms with E-state index in [4.69, 9.17) is 0 Å². The Morgan fingerprint density at radius 1 is 1.38 bits per heavy atom. The molecule has 82 valence electrons. The molecule has 0 bridgehead atoms. The van der Waals surface area contributed by atoms with E-state index in [2.05, 4.69) is 5.32 Å². The van der Waals surface area contributed by atoms with Gasteiger partial charge in [-0.1, -0.05) is 25.1 Å². The van der Waals surface area contributed by atoms with Crippen LogP contribution in [0.4, 0.5) is 18.6 Å². The zero-order valence-corrected chi connectivity index (χ0v) is 12.3. The van der Waals surface area contributed by atoms with Crippen LogP contribution >= 0.6 is 0 Å². The molecular weight excluding hydrogens is 245 g/mol. The minimum absolute atomic E-state index is 0. The molecule has 0 aromatic heterocycles. The Hall–Kier alpha value is 0.181.